The van der Waals surface area contributed by atoms with Gasteiger partial charge in [0.05, 0.1) is 17.0 Å². The van der Waals surface area contributed by atoms with Crippen LogP contribution in [0.1, 0.15) is 45.3 Å². The van der Waals surface area contributed by atoms with E-state index < -0.39 is 17.6 Å². The lowest BCUT2D eigenvalue weighted by molar-refractivity contribution is -0.137. The first-order chi connectivity index (χ1) is 17.2. The maximum atomic E-state index is 12.8. The number of aryl methyl sites for hydroxylation is 1. The zero-order valence-corrected chi connectivity index (χ0v) is 20.5. The van der Waals surface area contributed by atoms with Gasteiger partial charge in [0, 0.05) is 35.9 Å². The van der Waals surface area contributed by atoms with Gasteiger partial charge in [-0.25, -0.2) is 4.98 Å². The van der Waals surface area contributed by atoms with Crippen molar-refractivity contribution in [2.75, 3.05) is 18.4 Å². The van der Waals surface area contributed by atoms with Gasteiger partial charge in [-0.15, -0.1) is 11.3 Å². The van der Waals surface area contributed by atoms with E-state index in [0.717, 1.165) is 40.4 Å². The molecule has 3 aromatic rings. The predicted molar refractivity (Wildman–Crippen MR) is 135 cm³/mol. The number of hydrogen-bond acceptors (Lipinski definition) is 4. The maximum absolute atomic E-state index is 12.8. The third-order valence-electron chi connectivity index (χ3n) is 6.13. The average Bonchev–Trinajstić information content (AvgIpc) is 3.27. The number of carbonyl (C=O) groups is 2. The lowest BCUT2D eigenvalue weighted by Crippen LogP contribution is -2.38. The van der Waals surface area contributed by atoms with Crippen molar-refractivity contribution in [3.05, 3.63) is 87.4 Å². The second kappa shape index (κ2) is 11.1. The summed E-state index contributed by atoms with van der Waals surface area (Å²) < 4.78 is 38.5. The molecule has 0 atom stereocenters. The second-order valence-corrected chi connectivity index (χ2v) is 10.1. The number of aromatic nitrogens is 1. The van der Waals surface area contributed by atoms with Crippen LogP contribution < -0.4 is 5.32 Å². The highest BCUT2D eigenvalue weighted by atomic mass is 32.1. The number of amides is 2. The molecule has 0 aliphatic carbocycles. The fourth-order valence-corrected chi connectivity index (χ4v) is 5.01. The van der Waals surface area contributed by atoms with Crippen molar-refractivity contribution in [3.8, 4) is 0 Å². The van der Waals surface area contributed by atoms with Gasteiger partial charge >= 0.3 is 6.18 Å². The van der Waals surface area contributed by atoms with Crippen LogP contribution in [0.2, 0.25) is 0 Å². The first kappa shape index (κ1) is 25.6. The Balaban J connectivity index is 1.27. The zero-order chi connectivity index (χ0) is 25.7. The molecule has 1 fully saturated rings. The van der Waals surface area contributed by atoms with Crippen molar-refractivity contribution in [2.24, 2.45) is 0 Å². The molecule has 5 nitrogen and oxygen atoms in total. The minimum atomic E-state index is -4.43. The Morgan fingerprint density at radius 2 is 1.86 bits per heavy atom. The van der Waals surface area contributed by atoms with Gasteiger partial charge in [-0.2, -0.15) is 13.2 Å². The fourth-order valence-electron chi connectivity index (χ4n) is 4.22. The topological polar surface area (TPSA) is 62.3 Å². The first-order valence-electron chi connectivity index (χ1n) is 11.6. The molecule has 0 spiro atoms. The molecule has 2 heterocycles. The lowest BCUT2D eigenvalue weighted by atomic mass is 9.89. The number of nitrogens with zero attached hydrogens (tertiary/aromatic N) is 2. The Morgan fingerprint density at radius 1 is 1.14 bits per heavy atom. The lowest BCUT2D eigenvalue weighted by Gasteiger charge is -2.32. The summed E-state index contributed by atoms with van der Waals surface area (Å²) in [4.78, 5) is 31.9. The molecule has 1 N–H and O–H groups in total. The highest BCUT2D eigenvalue weighted by molar-refractivity contribution is 7.11. The van der Waals surface area contributed by atoms with E-state index in [0.29, 0.717) is 36.7 Å². The smallest absolute Gasteiger partial charge is 0.342 e. The van der Waals surface area contributed by atoms with Gasteiger partial charge in [0.2, 0.25) is 11.8 Å². The van der Waals surface area contributed by atoms with Crippen LogP contribution in [0.5, 0.6) is 0 Å². The molecular formula is C27H26F3N3O2S. The summed E-state index contributed by atoms with van der Waals surface area (Å²) in [7, 11) is 0. The zero-order valence-electron chi connectivity index (χ0n) is 19.7. The summed E-state index contributed by atoms with van der Waals surface area (Å²) >= 11 is 1.55. The molecule has 2 amide bonds. The Hall–Kier alpha value is -3.46. The van der Waals surface area contributed by atoms with Crippen LogP contribution in [0.25, 0.3) is 6.08 Å². The molecule has 36 heavy (non-hydrogen) atoms. The number of likely N-dealkylation sites (tertiary alicyclic amines) is 1. The van der Waals surface area contributed by atoms with Crippen LogP contribution in [0.3, 0.4) is 0 Å². The average molecular weight is 514 g/mol. The standard InChI is InChI=1S/C27H26F3N3O2S/c1-18-31-17-24(36-18)16-26(35)33-13-11-21(12-14-33)20-6-8-23(9-7-20)32-25(34)10-5-19-3-2-4-22(15-19)27(28,29)30/h2-10,15,17,21H,11-14,16H2,1H3,(H,32,34)/b10-5+. The molecule has 0 bridgehead atoms. The van der Waals surface area contributed by atoms with E-state index in [9.17, 15) is 22.8 Å². The van der Waals surface area contributed by atoms with E-state index in [1.807, 2.05) is 36.1 Å². The summed E-state index contributed by atoms with van der Waals surface area (Å²) in [5, 5.41) is 3.69. The molecule has 1 aliphatic rings. The number of thiazole rings is 1. The second-order valence-electron chi connectivity index (χ2n) is 8.75. The molecule has 9 heteroatoms. The molecule has 4 rings (SSSR count). The highest BCUT2D eigenvalue weighted by Crippen LogP contribution is 2.30. The van der Waals surface area contributed by atoms with Crippen molar-refractivity contribution in [2.45, 2.75) is 38.3 Å². The minimum absolute atomic E-state index is 0.133. The van der Waals surface area contributed by atoms with E-state index >= 15 is 0 Å². The van der Waals surface area contributed by atoms with Crippen molar-refractivity contribution < 1.29 is 22.8 Å². The molecule has 1 saturated heterocycles. The number of carbonyl (C=O) groups excluding carboxylic acids is 2. The van der Waals surface area contributed by atoms with Gasteiger partial charge in [-0.1, -0.05) is 24.3 Å². The Kier molecular flexibility index (Phi) is 7.88. The first-order valence-corrected chi connectivity index (χ1v) is 12.4. The summed E-state index contributed by atoms with van der Waals surface area (Å²) in [5.74, 6) is 0.0433. The molecule has 1 aromatic heterocycles. The minimum Gasteiger partial charge on any atom is -0.342 e. The quantitative estimate of drug-likeness (QED) is 0.407. The van der Waals surface area contributed by atoms with Crippen LogP contribution in [0.15, 0.2) is 60.8 Å². The highest BCUT2D eigenvalue weighted by Gasteiger charge is 2.30. The predicted octanol–water partition coefficient (Wildman–Crippen LogP) is 6.07. The normalized spacial score (nSPS) is 14.8. The van der Waals surface area contributed by atoms with Crippen LogP contribution in [0, 0.1) is 6.92 Å². The van der Waals surface area contributed by atoms with Crippen LogP contribution in [0.4, 0.5) is 18.9 Å². The largest absolute Gasteiger partial charge is 0.416 e. The number of nitrogens with one attached hydrogen (secondary N) is 1. The SMILES string of the molecule is Cc1ncc(CC(=O)N2CCC(c3ccc(NC(=O)/C=C/c4cccc(C(F)(F)F)c4)cc3)CC2)s1. The number of anilines is 1. The Morgan fingerprint density at radius 3 is 2.50 bits per heavy atom. The fraction of sp³-hybridized carbons (Fsp3) is 0.296. The van der Waals surface area contributed by atoms with Gasteiger partial charge < -0.3 is 10.2 Å². The van der Waals surface area contributed by atoms with Gasteiger partial charge in [-0.05, 0) is 67.2 Å². The number of benzene rings is 2. The number of alkyl halides is 3. The molecule has 0 radical (unpaired) electrons. The van der Waals surface area contributed by atoms with Crippen molar-refractivity contribution in [3.63, 3.8) is 0 Å². The number of halogens is 3. The number of piperidine rings is 1. The Bertz CT molecular complexity index is 1240. The van der Waals surface area contributed by atoms with Crippen LogP contribution >= 0.6 is 11.3 Å². The van der Waals surface area contributed by atoms with E-state index in [2.05, 4.69) is 10.3 Å². The molecule has 2 aromatic carbocycles. The molecule has 1 aliphatic heterocycles. The molecular weight excluding hydrogens is 487 g/mol. The van der Waals surface area contributed by atoms with Crippen molar-refractivity contribution in [1.82, 2.24) is 9.88 Å². The summed E-state index contributed by atoms with van der Waals surface area (Å²) in [5.41, 5.74) is 1.29. The summed E-state index contributed by atoms with van der Waals surface area (Å²) in [6, 6.07) is 12.4. The van der Waals surface area contributed by atoms with Gasteiger partial charge in [0.1, 0.15) is 0 Å². The van der Waals surface area contributed by atoms with Gasteiger partial charge in [0.15, 0.2) is 0 Å². The van der Waals surface area contributed by atoms with Gasteiger partial charge in [-0.3, -0.25) is 9.59 Å². The summed E-state index contributed by atoms with van der Waals surface area (Å²) in [6.45, 7) is 3.35. The summed E-state index contributed by atoms with van der Waals surface area (Å²) in [6.07, 6.45) is 2.05. The third-order valence-corrected chi connectivity index (χ3v) is 7.05. The van der Waals surface area contributed by atoms with Crippen molar-refractivity contribution >= 4 is 34.9 Å². The van der Waals surface area contributed by atoms with E-state index in [1.54, 1.807) is 17.5 Å². The monoisotopic (exact) mass is 513 g/mol. The number of hydrogen-bond donors (Lipinski definition) is 1. The maximum Gasteiger partial charge on any atom is 0.416 e. The van der Waals surface area contributed by atoms with E-state index in [-0.39, 0.29) is 5.91 Å². The molecule has 188 valence electrons. The van der Waals surface area contributed by atoms with Gasteiger partial charge in [0.25, 0.3) is 0 Å². The van der Waals surface area contributed by atoms with E-state index in [4.69, 9.17) is 0 Å². The number of rotatable bonds is 6. The molecule has 0 saturated carbocycles. The van der Waals surface area contributed by atoms with Crippen molar-refractivity contribution in [1.29, 1.82) is 0 Å². The molecule has 0 unspecified atom stereocenters. The van der Waals surface area contributed by atoms with Crippen LogP contribution in [-0.4, -0.2) is 34.8 Å². The van der Waals surface area contributed by atoms with Crippen LogP contribution in [-0.2, 0) is 22.2 Å². The Labute approximate surface area is 211 Å². The van der Waals surface area contributed by atoms with E-state index in [1.165, 1.54) is 24.3 Å². The third kappa shape index (κ3) is 6.81.